The normalized spacial score (nSPS) is 11.3. The van der Waals surface area contributed by atoms with E-state index in [2.05, 4.69) is 36.8 Å². The average Bonchev–Trinajstić information content (AvgIpc) is 2.33. The molecule has 1 aromatic heterocycles. The van der Waals surface area contributed by atoms with Gasteiger partial charge < -0.3 is 0 Å². The molecule has 100 valence electrons. The first-order chi connectivity index (χ1) is 8.91. The van der Waals surface area contributed by atoms with Crippen LogP contribution in [0.3, 0.4) is 0 Å². The first-order valence-electron chi connectivity index (χ1n) is 5.25. The summed E-state index contributed by atoms with van der Waals surface area (Å²) in [4.78, 5) is 3.95. The maximum atomic E-state index is 12.1. The highest BCUT2D eigenvalue weighted by molar-refractivity contribution is 9.11. The van der Waals surface area contributed by atoms with E-state index >= 15 is 0 Å². The Kier molecular flexibility index (Phi) is 4.27. The predicted molar refractivity (Wildman–Crippen MR) is 83.1 cm³/mol. The molecular formula is C12H10Br2N2O2S. The smallest absolute Gasteiger partial charge is 0.236 e. The third kappa shape index (κ3) is 3.16. The molecule has 2 aromatic rings. The van der Waals surface area contributed by atoms with Gasteiger partial charge in [-0.2, -0.15) is 0 Å². The third-order valence-corrected chi connectivity index (χ3v) is 4.71. The summed E-state index contributed by atoms with van der Waals surface area (Å²) < 4.78 is 26.8. The van der Waals surface area contributed by atoms with E-state index in [1.54, 1.807) is 36.7 Å². The van der Waals surface area contributed by atoms with Gasteiger partial charge in [-0.1, -0.05) is 12.1 Å². The van der Waals surface area contributed by atoms with Crippen LogP contribution in [0.15, 0.2) is 51.7 Å². The highest BCUT2D eigenvalue weighted by atomic mass is 79.9. The molecule has 0 aliphatic carbocycles. The fourth-order valence-corrected chi connectivity index (χ4v) is 3.79. The SMILES string of the molecule is CS(=O)(=O)N(c1ccccc1Br)c1ccncc1Br. The number of aromatic nitrogens is 1. The fraction of sp³-hybridized carbons (Fsp3) is 0.0833. The number of benzene rings is 1. The van der Waals surface area contributed by atoms with Crippen LogP contribution >= 0.6 is 31.9 Å². The van der Waals surface area contributed by atoms with Crippen LogP contribution in [-0.2, 0) is 10.0 Å². The topological polar surface area (TPSA) is 50.3 Å². The quantitative estimate of drug-likeness (QED) is 0.782. The summed E-state index contributed by atoms with van der Waals surface area (Å²) in [5.41, 5.74) is 1.07. The molecule has 0 spiro atoms. The summed E-state index contributed by atoms with van der Waals surface area (Å²) in [5.74, 6) is 0. The Morgan fingerprint density at radius 3 is 2.26 bits per heavy atom. The van der Waals surface area contributed by atoms with Crippen LogP contribution in [0.2, 0.25) is 0 Å². The van der Waals surface area contributed by atoms with Gasteiger partial charge >= 0.3 is 0 Å². The molecule has 4 nitrogen and oxygen atoms in total. The number of hydrogen-bond donors (Lipinski definition) is 0. The first kappa shape index (κ1) is 14.5. The Morgan fingerprint density at radius 2 is 1.68 bits per heavy atom. The predicted octanol–water partition coefficient (Wildman–Crippen LogP) is 3.70. The van der Waals surface area contributed by atoms with E-state index in [0.29, 0.717) is 20.3 Å². The molecule has 19 heavy (non-hydrogen) atoms. The molecule has 0 atom stereocenters. The number of rotatable bonds is 3. The van der Waals surface area contributed by atoms with Crippen molar-refractivity contribution in [3.8, 4) is 0 Å². The van der Waals surface area contributed by atoms with Gasteiger partial charge in [0.2, 0.25) is 10.0 Å². The standard InChI is InChI=1S/C12H10Br2N2O2S/c1-19(17,18)16(11-5-3-2-4-9(11)13)12-6-7-15-8-10(12)14/h2-8H,1H3. The van der Waals surface area contributed by atoms with Crippen LogP contribution in [0.4, 0.5) is 11.4 Å². The minimum absolute atomic E-state index is 0.518. The lowest BCUT2D eigenvalue weighted by Crippen LogP contribution is -2.25. The molecule has 0 aliphatic heterocycles. The van der Waals surface area contributed by atoms with Crippen LogP contribution in [0.5, 0.6) is 0 Å². The molecule has 0 N–H and O–H groups in total. The molecule has 0 radical (unpaired) electrons. The van der Waals surface area contributed by atoms with Crippen molar-refractivity contribution in [3.05, 3.63) is 51.7 Å². The molecule has 7 heteroatoms. The summed E-state index contributed by atoms with van der Waals surface area (Å²) in [7, 11) is -3.47. The minimum atomic E-state index is -3.47. The second kappa shape index (κ2) is 5.60. The van der Waals surface area contributed by atoms with Gasteiger partial charge in [-0.05, 0) is 50.1 Å². The minimum Gasteiger partial charge on any atom is -0.263 e. The van der Waals surface area contributed by atoms with Crippen molar-refractivity contribution in [2.45, 2.75) is 0 Å². The number of halogens is 2. The van der Waals surface area contributed by atoms with E-state index in [4.69, 9.17) is 0 Å². The zero-order chi connectivity index (χ0) is 14.0. The highest BCUT2D eigenvalue weighted by Gasteiger charge is 2.23. The Bertz CT molecular complexity index is 659. The van der Waals surface area contributed by atoms with Crippen molar-refractivity contribution in [2.24, 2.45) is 0 Å². The van der Waals surface area contributed by atoms with Crippen LogP contribution in [-0.4, -0.2) is 19.7 Å². The van der Waals surface area contributed by atoms with Gasteiger partial charge in [0.05, 0.1) is 22.1 Å². The van der Waals surface area contributed by atoms with Crippen molar-refractivity contribution in [1.82, 2.24) is 4.98 Å². The molecule has 0 saturated carbocycles. The van der Waals surface area contributed by atoms with Crippen LogP contribution < -0.4 is 4.31 Å². The van der Waals surface area contributed by atoms with Crippen LogP contribution in [0.25, 0.3) is 0 Å². The second-order valence-corrected chi connectivity index (χ2v) is 7.35. The Balaban J connectivity index is 2.70. The number of para-hydroxylation sites is 1. The summed E-state index contributed by atoms with van der Waals surface area (Å²) >= 11 is 6.70. The van der Waals surface area contributed by atoms with Gasteiger partial charge in [0, 0.05) is 16.9 Å². The molecule has 2 rings (SSSR count). The summed E-state index contributed by atoms with van der Waals surface area (Å²) in [6.45, 7) is 0. The fourth-order valence-electron chi connectivity index (χ4n) is 1.64. The lowest BCUT2D eigenvalue weighted by molar-refractivity contribution is 0.602. The Hall–Kier alpha value is -0.920. The van der Waals surface area contributed by atoms with Gasteiger partial charge in [0.25, 0.3) is 0 Å². The van der Waals surface area contributed by atoms with E-state index in [1.807, 2.05) is 6.07 Å². The molecular weight excluding hydrogens is 396 g/mol. The number of anilines is 2. The zero-order valence-electron chi connectivity index (χ0n) is 9.92. The molecule has 0 unspecified atom stereocenters. The second-order valence-electron chi connectivity index (χ2n) is 3.81. The molecule has 0 fully saturated rings. The van der Waals surface area contributed by atoms with Crippen molar-refractivity contribution in [1.29, 1.82) is 0 Å². The van der Waals surface area contributed by atoms with Crippen LogP contribution in [0, 0.1) is 0 Å². The first-order valence-corrected chi connectivity index (χ1v) is 8.69. The van der Waals surface area contributed by atoms with Gasteiger partial charge in [0.1, 0.15) is 0 Å². The lowest BCUT2D eigenvalue weighted by Gasteiger charge is -2.24. The summed E-state index contributed by atoms with van der Waals surface area (Å²) in [5, 5.41) is 0. The van der Waals surface area contributed by atoms with E-state index < -0.39 is 10.0 Å². The number of hydrogen-bond acceptors (Lipinski definition) is 3. The monoisotopic (exact) mass is 404 g/mol. The lowest BCUT2D eigenvalue weighted by atomic mass is 10.3. The highest BCUT2D eigenvalue weighted by Crippen LogP contribution is 2.37. The Labute approximate surface area is 128 Å². The van der Waals surface area contributed by atoms with E-state index in [-0.39, 0.29) is 0 Å². The number of sulfonamides is 1. The maximum absolute atomic E-state index is 12.1. The molecule has 0 aliphatic rings. The van der Waals surface area contributed by atoms with Gasteiger partial charge in [-0.3, -0.25) is 4.98 Å². The van der Waals surface area contributed by atoms with E-state index in [9.17, 15) is 8.42 Å². The van der Waals surface area contributed by atoms with E-state index in [0.717, 1.165) is 0 Å². The van der Waals surface area contributed by atoms with Gasteiger partial charge in [-0.15, -0.1) is 0 Å². The van der Waals surface area contributed by atoms with Crippen molar-refractivity contribution in [3.63, 3.8) is 0 Å². The van der Waals surface area contributed by atoms with Crippen molar-refractivity contribution >= 4 is 53.3 Å². The van der Waals surface area contributed by atoms with Crippen molar-refractivity contribution in [2.75, 3.05) is 10.6 Å². The molecule has 1 heterocycles. The zero-order valence-corrected chi connectivity index (χ0v) is 13.9. The molecule has 0 saturated heterocycles. The summed E-state index contributed by atoms with van der Waals surface area (Å²) in [6, 6.07) is 8.79. The molecule has 0 bridgehead atoms. The van der Waals surface area contributed by atoms with Gasteiger partial charge in [0.15, 0.2) is 0 Å². The van der Waals surface area contributed by atoms with Crippen molar-refractivity contribution < 1.29 is 8.42 Å². The number of pyridine rings is 1. The largest absolute Gasteiger partial charge is 0.263 e. The van der Waals surface area contributed by atoms with E-state index in [1.165, 1.54) is 10.6 Å². The number of nitrogens with zero attached hydrogens (tertiary/aromatic N) is 2. The average molecular weight is 406 g/mol. The molecule has 1 aromatic carbocycles. The van der Waals surface area contributed by atoms with Crippen LogP contribution in [0.1, 0.15) is 0 Å². The van der Waals surface area contributed by atoms with Gasteiger partial charge in [-0.25, -0.2) is 12.7 Å². The Morgan fingerprint density at radius 1 is 1.05 bits per heavy atom. The maximum Gasteiger partial charge on any atom is 0.236 e. The summed E-state index contributed by atoms with van der Waals surface area (Å²) in [6.07, 6.45) is 4.28. The molecule has 0 amide bonds. The third-order valence-electron chi connectivity index (χ3n) is 2.37.